The molecular weight excluding hydrogens is 500 g/mol. The molecule has 190 valence electrons. The van der Waals surface area contributed by atoms with Gasteiger partial charge in [-0.15, -0.1) is 0 Å². The van der Waals surface area contributed by atoms with Crippen LogP contribution in [0, 0.1) is 17.8 Å². The average molecular weight is 529 g/mol. The normalized spacial score (nSPS) is 24.9. The van der Waals surface area contributed by atoms with E-state index >= 15 is 0 Å². The van der Waals surface area contributed by atoms with E-state index in [9.17, 15) is 18.0 Å². The largest absolute Gasteiger partial charge is 0.435 e. The Balaban J connectivity index is 1.77. The lowest BCUT2D eigenvalue weighted by Crippen LogP contribution is -2.47. The SMILES string of the molecule is CC1=C(C(=O)NC2CC(C)CCC2C(C)C)C(c2ccc(Cl)c(Cl)c2)n2nc(C(F)(F)F)cc2N1. The lowest BCUT2D eigenvalue weighted by atomic mass is 9.74. The summed E-state index contributed by atoms with van der Waals surface area (Å²) in [5.74, 6) is 1.02. The Hall–Kier alpha value is -2.19. The molecule has 2 heterocycles. The Labute approximate surface area is 213 Å². The molecule has 1 saturated carbocycles. The highest BCUT2D eigenvalue weighted by atomic mass is 35.5. The maximum Gasteiger partial charge on any atom is 0.435 e. The molecule has 1 aliphatic heterocycles. The highest BCUT2D eigenvalue weighted by Crippen LogP contribution is 2.41. The van der Waals surface area contributed by atoms with Crippen LogP contribution in [0.4, 0.5) is 19.0 Å². The number of nitrogens with one attached hydrogen (secondary N) is 2. The summed E-state index contributed by atoms with van der Waals surface area (Å²) in [5, 5.41) is 10.6. The number of carbonyl (C=O) groups is 1. The summed E-state index contributed by atoms with van der Waals surface area (Å²) in [6.07, 6.45) is -1.64. The molecule has 0 spiro atoms. The number of aromatic nitrogens is 2. The molecule has 4 unspecified atom stereocenters. The van der Waals surface area contributed by atoms with Crippen LogP contribution in [0.5, 0.6) is 0 Å². The molecule has 5 nitrogen and oxygen atoms in total. The summed E-state index contributed by atoms with van der Waals surface area (Å²) in [7, 11) is 0. The number of halogens is 5. The van der Waals surface area contributed by atoms with E-state index in [0.29, 0.717) is 39.6 Å². The number of fused-ring (bicyclic) bond motifs is 1. The van der Waals surface area contributed by atoms with E-state index in [2.05, 4.69) is 36.5 Å². The van der Waals surface area contributed by atoms with Crippen LogP contribution >= 0.6 is 23.2 Å². The molecule has 2 aliphatic rings. The number of carbonyl (C=O) groups excluding carboxylic acids is 1. The minimum absolute atomic E-state index is 0.0224. The summed E-state index contributed by atoms with van der Waals surface area (Å²) in [5.41, 5.74) is 0.236. The topological polar surface area (TPSA) is 59.0 Å². The van der Waals surface area contributed by atoms with Gasteiger partial charge in [0, 0.05) is 17.8 Å². The number of rotatable bonds is 4. The average Bonchev–Trinajstić information content (AvgIpc) is 3.18. The van der Waals surface area contributed by atoms with Crippen molar-refractivity contribution in [1.29, 1.82) is 0 Å². The smallest absolute Gasteiger partial charge is 0.349 e. The first-order chi connectivity index (χ1) is 16.4. The van der Waals surface area contributed by atoms with Gasteiger partial charge in [-0.05, 0) is 55.2 Å². The molecular formula is C25H29Cl2F3N4O. The van der Waals surface area contributed by atoms with E-state index in [-0.39, 0.29) is 22.8 Å². The van der Waals surface area contributed by atoms with Crippen LogP contribution in [0.1, 0.15) is 64.3 Å². The summed E-state index contributed by atoms with van der Waals surface area (Å²) in [6.45, 7) is 8.17. The van der Waals surface area contributed by atoms with Crippen LogP contribution in [0.2, 0.25) is 10.0 Å². The fourth-order valence-corrected chi connectivity index (χ4v) is 5.62. The monoisotopic (exact) mass is 528 g/mol. The molecule has 35 heavy (non-hydrogen) atoms. The molecule has 4 rings (SSSR count). The van der Waals surface area contributed by atoms with Gasteiger partial charge in [-0.2, -0.15) is 18.3 Å². The minimum Gasteiger partial charge on any atom is -0.349 e. The lowest BCUT2D eigenvalue weighted by Gasteiger charge is -2.39. The number of nitrogens with zero attached hydrogens (tertiary/aromatic N) is 2. The predicted octanol–water partition coefficient (Wildman–Crippen LogP) is 7.07. The molecule has 1 aromatic heterocycles. The van der Waals surface area contributed by atoms with E-state index in [4.69, 9.17) is 23.2 Å². The molecule has 2 aromatic rings. The lowest BCUT2D eigenvalue weighted by molar-refractivity contribution is -0.141. The third kappa shape index (κ3) is 5.19. The predicted molar refractivity (Wildman–Crippen MR) is 131 cm³/mol. The van der Waals surface area contributed by atoms with E-state index in [1.165, 1.54) is 4.68 Å². The van der Waals surface area contributed by atoms with Crippen LogP contribution in [0.15, 0.2) is 35.5 Å². The molecule has 4 atom stereocenters. The van der Waals surface area contributed by atoms with Gasteiger partial charge >= 0.3 is 6.18 Å². The first-order valence-electron chi connectivity index (χ1n) is 11.8. The third-order valence-corrected chi connectivity index (χ3v) is 7.85. The number of allylic oxidation sites excluding steroid dienone is 1. The van der Waals surface area contributed by atoms with Gasteiger partial charge in [-0.1, -0.05) is 56.5 Å². The first kappa shape index (κ1) is 25.9. The number of alkyl halides is 3. The molecule has 0 saturated heterocycles. The quantitative estimate of drug-likeness (QED) is 0.445. The Bertz CT molecular complexity index is 1160. The molecule has 2 N–H and O–H groups in total. The van der Waals surface area contributed by atoms with Gasteiger partial charge in [-0.25, -0.2) is 4.68 Å². The Morgan fingerprint density at radius 1 is 1.20 bits per heavy atom. The van der Waals surface area contributed by atoms with Crippen molar-refractivity contribution in [2.75, 3.05) is 5.32 Å². The van der Waals surface area contributed by atoms with Crippen molar-refractivity contribution in [2.24, 2.45) is 17.8 Å². The second kappa shape index (κ2) is 9.69. The third-order valence-electron chi connectivity index (χ3n) is 7.11. The van der Waals surface area contributed by atoms with Crippen molar-refractivity contribution in [3.63, 3.8) is 0 Å². The summed E-state index contributed by atoms with van der Waals surface area (Å²) < 4.78 is 41.7. The van der Waals surface area contributed by atoms with Gasteiger partial charge in [0.25, 0.3) is 5.91 Å². The zero-order valence-electron chi connectivity index (χ0n) is 20.0. The van der Waals surface area contributed by atoms with Crippen LogP contribution in [-0.2, 0) is 11.0 Å². The highest BCUT2D eigenvalue weighted by molar-refractivity contribution is 6.42. The van der Waals surface area contributed by atoms with Gasteiger partial charge in [0.15, 0.2) is 5.69 Å². The minimum atomic E-state index is -4.63. The van der Waals surface area contributed by atoms with E-state index in [1.807, 2.05) is 0 Å². The zero-order chi connectivity index (χ0) is 25.7. The maximum atomic E-state index is 13.8. The fraction of sp³-hybridized carbons (Fsp3) is 0.520. The molecule has 0 bridgehead atoms. The molecule has 1 aromatic carbocycles. The highest BCUT2D eigenvalue weighted by Gasteiger charge is 2.41. The van der Waals surface area contributed by atoms with Crippen molar-refractivity contribution < 1.29 is 18.0 Å². The van der Waals surface area contributed by atoms with Crippen molar-refractivity contribution in [3.8, 4) is 0 Å². The van der Waals surface area contributed by atoms with Crippen LogP contribution in [0.3, 0.4) is 0 Å². The maximum absolute atomic E-state index is 13.8. The Morgan fingerprint density at radius 3 is 2.54 bits per heavy atom. The fourth-order valence-electron chi connectivity index (χ4n) is 5.31. The van der Waals surface area contributed by atoms with Crippen molar-refractivity contribution in [2.45, 2.75) is 65.2 Å². The molecule has 10 heteroatoms. The van der Waals surface area contributed by atoms with E-state index in [0.717, 1.165) is 25.3 Å². The second-order valence-corrected chi connectivity index (χ2v) is 10.8. The Morgan fingerprint density at radius 2 is 1.91 bits per heavy atom. The van der Waals surface area contributed by atoms with Crippen LogP contribution in [-0.4, -0.2) is 21.7 Å². The standard InChI is InChI=1S/C25H29Cl2F3N4O/c1-12(2)16-7-5-13(3)9-19(16)32-24(35)22-14(4)31-21-11-20(25(28,29)30)33-34(21)23(22)15-6-8-17(26)18(27)10-15/h6,8,10-13,16,19,23,31H,5,7,9H2,1-4H3,(H,32,35). The van der Waals surface area contributed by atoms with Crippen LogP contribution < -0.4 is 10.6 Å². The first-order valence-corrected chi connectivity index (χ1v) is 12.5. The van der Waals surface area contributed by atoms with Gasteiger partial charge in [0.1, 0.15) is 11.9 Å². The Kier molecular flexibility index (Phi) is 7.17. The van der Waals surface area contributed by atoms with Gasteiger partial charge in [-0.3, -0.25) is 4.79 Å². The van der Waals surface area contributed by atoms with Gasteiger partial charge in [0.05, 0.1) is 15.6 Å². The number of amides is 1. The van der Waals surface area contributed by atoms with Gasteiger partial charge < -0.3 is 10.6 Å². The van der Waals surface area contributed by atoms with Crippen molar-refractivity contribution in [3.05, 3.63) is 56.8 Å². The van der Waals surface area contributed by atoms with Crippen molar-refractivity contribution in [1.82, 2.24) is 15.1 Å². The molecule has 1 fully saturated rings. The second-order valence-electron chi connectivity index (χ2n) is 10.0. The van der Waals surface area contributed by atoms with Crippen LogP contribution in [0.25, 0.3) is 0 Å². The number of hydrogen-bond donors (Lipinski definition) is 2. The van der Waals surface area contributed by atoms with E-state index in [1.54, 1.807) is 25.1 Å². The summed E-state index contributed by atoms with van der Waals surface area (Å²) in [6, 6.07) is 4.81. The number of anilines is 1. The summed E-state index contributed by atoms with van der Waals surface area (Å²) >= 11 is 12.3. The molecule has 1 amide bonds. The summed E-state index contributed by atoms with van der Waals surface area (Å²) in [4.78, 5) is 13.8. The molecule has 0 radical (unpaired) electrons. The number of benzene rings is 1. The number of hydrogen-bond acceptors (Lipinski definition) is 3. The van der Waals surface area contributed by atoms with Crippen molar-refractivity contribution >= 4 is 34.9 Å². The zero-order valence-corrected chi connectivity index (χ0v) is 21.5. The van der Waals surface area contributed by atoms with E-state index < -0.39 is 17.9 Å². The van der Waals surface area contributed by atoms with Gasteiger partial charge in [0.2, 0.25) is 0 Å². The molecule has 1 aliphatic carbocycles.